The van der Waals surface area contributed by atoms with E-state index >= 15 is 0 Å². The van der Waals surface area contributed by atoms with Gasteiger partial charge in [-0.05, 0) is 67.4 Å². The number of carbonyl (C=O) groups is 3. The van der Waals surface area contributed by atoms with Crippen LogP contribution in [0.25, 0.3) is 0 Å². The zero-order valence-corrected chi connectivity index (χ0v) is 20.5. The molecule has 0 aromatic heterocycles. The van der Waals surface area contributed by atoms with Gasteiger partial charge in [0.15, 0.2) is 6.61 Å². The number of hydrogen-bond acceptors (Lipinski definition) is 5. The Kier molecular flexibility index (Phi) is 8.69. The van der Waals surface area contributed by atoms with Gasteiger partial charge in [0.1, 0.15) is 11.6 Å². The highest BCUT2D eigenvalue weighted by atomic mass is 79.9. The monoisotopic (exact) mass is 540 g/mol. The van der Waals surface area contributed by atoms with Crippen molar-refractivity contribution in [1.29, 1.82) is 0 Å². The number of hydrogen-bond donors (Lipinski definition) is 3. The van der Waals surface area contributed by atoms with Gasteiger partial charge in [-0.2, -0.15) is 5.10 Å². The Morgan fingerprint density at radius 2 is 1.66 bits per heavy atom. The quantitative estimate of drug-likeness (QED) is 0.235. The molecule has 3 aromatic rings. The number of nitrogens with one attached hydrogen (secondary N) is 3. The highest BCUT2D eigenvalue weighted by Crippen LogP contribution is 2.23. The summed E-state index contributed by atoms with van der Waals surface area (Å²) in [5.41, 5.74) is 5.45. The molecule has 0 heterocycles. The lowest BCUT2D eigenvalue weighted by Crippen LogP contribution is -2.32. The summed E-state index contributed by atoms with van der Waals surface area (Å²) in [5, 5.41) is 8.97. The van der Waals surface area contributed by atoms with Gasteiger partial charge in [-0.25, -0.2) is 9.82 Å². The summed E-state index contributed by atoms with van der Waals surface area (Å²) in [5.74, 6) is -2.44. The molecular weight excluding hydrogens is 519 g/mol. The van der Waals surface area contributed by atoms with Crippen molar-refractivity contribution < 1.29 is 23.5 Å². The number of aryl methyl sites for hydroxylation is 2. The maximum atomic E-state index is 13.0. The highest BCUT2D eigenvalue weighted by molar-refractivity contribution is 9.10. The second kappa shape index (κ2) is 11.9. The third kappa shape index (κ3) is 7.47. The minimum absolute atomic E-state index is 0.247. The molecule has 180 valence electrons. The molecule has 0 radical (unpaired) electrons. The molecule has 3 rings (SSSR count). The molecule has 0 saturated carbocycles. The number of hydrazone groups is 1. The van der Waals surface area contributed by atoms with Crippen molar-refractivity contribution >= 4 is 51.2 Å². The topological polar surface area (TPSA) is 109 Å². The molecule has 3 N–H and O–H groups in total. The maximum Gasteiger partial charge on any atom is 0.329 e. The van der Waals surface area contributed by atoms with E-state index in [0.29, 0.717) is 15.8 Å². The minimum Gasteiger partial charge on any atom is -0.483 e. The van der Waals surface area contributed by atoms with Crippen LogP contribution in [-0.2, 0) is 14.4 Å². The Morgan fingerprint density at radius 1 is 0.971 bits per heavy atom. The van der Waals surface area contributed by atoms with Crippen molar-refractivity contribution in [3.8, 4) is 5.75 Å². The third-order valence-electron chi connectivity index (χ3n) is 4.75. The van der Waals surface area contributed by atoms with E-state index in [4.69, 9.17) is 4.74 Å². The van der Waals surface area contributed by atoms with Crippen molar-refractivity contribution in [2.75, 3.05) is 17.2 Å². The number of rotatable bonds is 7. The number of anilines is 2. The van der Waals surface area contributed by atoms with E-state index in [0.717, 1.165) is 28.9 Å². The largest absolute Gasteiger partial charge is 0.483 e. The van der Waals surface area contributed by atoms with Crippen molar-refractivity contribution in [2.24, 2.45) is 5.10 Å². The van der Waals surface area contributed by atoms with Crippen molar-refractivity contribution in [2.45, 2.75) is 13.8 Å². The fourth-order valence-corrected chi connectivity index (χ4v) is 3.39. The molecule has 10 heteroatoms. The Morgan fingerprint density at radius 3 is 2.34 bits per heavy atom. The van der Waals surface area contributed by atoms with Gasteiger partial charge in [0, 0.05) is 21.4 Å². The molecule has 35 heavy (non-hydrogen) atoms. The van der Waals surface area contributed by atoms with Crippen LogP contribution >= 0.6 is 15.9 Å². The first-order chi connectivity index (χ1) is 16.7. The number of para-hydroxylation sites is 1. The Labute approximate surface area is 209 Å². The van der Waals surface area contributed by atoms with Crippen LogP contribution in [0.15, 0.2) is 70.2 Å². The van der Waals surface area contributed by atoms with Crippen LogP contribution in [0.5, 0.6) is 5.75 Å². The second-order valence-electron chi connectivity index (χ2n) is 7.45. The van der Waals surface area contributed by atoms with E-state index in [1.54, 1.807) is 18.2 Å². The maximum absolute atomic E-state index is 13.0. The SMILES string of the molecule is Cc1cccc(C)c1NC(=O)COc1ccc(Br)cc1/C=N\NC(=O)C(=O)Nc1ccc(F)cc1. The molecule has 0 atom stereocenters. The highest BCUT2D eigenvalue weighted by Gasteiger charge is 2.13. The standard InChI is InChI=1S/C25H22BrFN4O4/c1-15-4-3-5-16(2)23(15)30-22(32)14-35-21-11-6-18(26)12-17(21)13-28-31-25(34)24(33)29-20-9-7-19(27)8-10-20/h3-13H,14H2,1-2H3,(H,29,33)(H,30,32)(H,31,34)/b28-13-. The molecule has 0 fully saturated rings. The van der Waals surface area contributed by atoms with Crippen LogP contribution in [0, 0.1) is 19.7 Å². The van der Waals surface area contributed by atoms with Crippen LogP contribution in [-0.4, -0.2) is 30.5 Å². The van der Waals surface area contributed by atoms with E-state index in [9.17, 15) is 18.8 Å². The summed E-state index contributed by atoms with van der Waals surface area (Å²) in [7, 11) is 0. The van der Waals surface area contributed by atoms with E-state index < -0.39 is 17.6 Å². The summed E-state index contributed by atoms with van der Waals surface area (Å²) < 4.78 is 19.3. The lowest BCUT2D eigenvalue weighted by Gasteiger charge is -2.13. The smallest absolute Gasteiger partial charge is 0.329 e. The number of amides is 3. The lowest BCUT2D eigenvalue weighted by molar-refractivity contribution is -0.136. The number of ether oxygens (including phenoxy) is 1. The third-order valence-corrected chi connectivity index (χ3v) is 5.25. The molecule has 0 aliphatic heterocycles. The van der Waals surface area contributed by atoms with Crippen LogP contribution in [0.4, 0.5) is 15.8 Å². The van der Waals surface area contributed by atoms with Crippen LogP contribution in [0.3, 0.4) is 0 Å². The zero-order valence-electron chi connectivity index (χ0n) is 18.9. The molecule has 0 aliphatic rings. The Balaban J connectivity index is 1.59. The Hall–Kier alpha value is -4.05. The fraction of sp³-hybridized carbons (Fsp3) is 0.120. The van der Waals surface area contributed by atoms with Gasteiger partial charge < -0.3 is 15.4 Å². The molecule has 0 saturated heterocycles. The summed E-state index contributed by atoms with van der Waals surface area (Å²) in [6.45, 7) is 3.56. The van der Waals surface area contributed by atoms with Crippen LogP contribution in [0.1, 0.15) is 16.7 Å². The fourth-order valence-electron chi connectivity index (χ4n) is 3.01. The van der Waals surface area contributed by atoms with Crippen molar-refractivity contribution in [1.82, 2.24) is 5.43 Å². The first-order valence-corrected chi connectivity index (χ1v) is 11.2. The summed E-state index contributed by atoms with van der Waals surface area (Å²) >= 11 is 3.35. The van der Waals surface area contributed by atoms with E-state index in [1.165, 1.54) is 18.3 Å². The number of halogens is 2. The molecule has 0 spiro atoms. The van der Waals surface area contributed by atoms with Crippen LogP contribution in [0.2, 0.25) is 0 Å². The van der Waals surface area contributed by atoms with Crippen molar-refractivity contribution in [3.63, 3.8) is 0 Å². The predicted molar refractivity (Wildman–Crippen MR) is 135 cm³/mol. The predicted octanol–water partition coefficient (Wildman–Crippen LogP) is 4.31. The molecule has 0 aliphatic carbocycles. The summed E-state index contributed by atoms with van der Waals surface area (Å²) in [4.78, 5) is 36.4. The van der Waals surface area contributed by atoms with E-state index in [-0.39, 0.29) is 18.2 Å². The summed E-state index contributed by atoms with van der Waals surface area (Å²) in [6, 6.07) is 15.7. The molecule has 8 nitrogen and oxygen atoms in total. The first-order valence-electron chi connectivity index (χ1n) is 10.4. The van der Waals surface area contributed by atoms with Gasteiger partial charge in [0.25, 0.3) is 5.91 Å². The van der Waals surface area contributed by atoms with E-state index in [1.807, 2.05) is 32.0 Å². The van der Waals surface area contributed by atoms with Crippen LogP contribution < -0.4 is 20.8 Å². The lowest BCUT2D eigenvalue weighted by atomic mass is 10.1. The molecule has 3 aromatic carbocycles. The average Bonchev–Trinajstić information content (AvgIpc) is 2.82. The number of carbonyl (C=O) groups excluding carboxylic acids is 3. The zero-order chi connectivity index (χ0) is 25.4. The summed E-state index contributed by atoms with van der Waals surface area (Å²) in [6.07, 6.45) is 1.28. The molecule has 0 bridgehead atoms. The first kappa shape index (κ1) is 25.6. The number of nitrogens with zero attached hydrogens (tertiary/aromatic N) is 1. The normalized spacial score (nSPS) is 10.6. The van der Waals surface area contributed by atoms with Crippen molar-refractivity contribution in [3.05, 3.63) is 87.6 Å². The minimum atomic E-state index is -1.02. The molecule has 0 unspecified atom stereocenters. The van der Waals surface area contributed by atoms with Gasteiger partial charge in [-0.1, -0.05) is 34.1 Å². The van der Waals surface area contributed by atoms with E-state index in [2.05, 4.69) is 37.1 Å². The number of benzene rings is 3. The second-order valence-corrected chi connectivity index (χ2v) is 8.36. The van der Waals surface area contributed by atoms with Gasteiger partial charge in [0.2, 0.25) is 0 Å². The molecule has 3 amide bonds. The van der Waals surface area contributed by atoms with Gasteiger partial charge >= 0.3 is 11.8 Å². The Bertz CT molecular complexity index is 1260. The van der Waals surface area contributed by atoms with Gasteiger partial charge in [0.05, 0.1) is 6.21 Å². The molecular formula is C25H22BrFN4O4. The average molecular weight is 541 g/mol. The van der Waals surface area contributed by atoms with Gasteiger partial charge in [-0.15, -0.1) is 0 Å². The van der Waals surface area contributed by atoms with Gasteiger partial charge in [-0.3, -0.25) is 14.4 Å².